The number of benzene rings is 1. The van der Waals surface area contributed by atoms with Crippen molar-refractivity contribution in [1.82, 2.24) is 4.90 Å². The second-order valence-corrected chi connectivity index (χ2v) is 4.74. The molecule has 1 aromatic carbocycles. The Morgan fingerprint density at radius 3 is 2.78 bits per heavy atom. The number of amides is 1. The van der Waals surface area contributed by atoms with Crippen molar-refractivity contribution in [2.24, 2.45) is 4.99 Å². The van der Waals surface area contributed by atoms with Crippen molar-refractivity contribution < 1.29 is 4.79 Å². The molecule has 0 atom stereocenters. The second kappa shape index (κ2) is 4.77. The van der Waals surface area contributed by atoms with Crippen molar-refractivity contribution in [3.8, 4) is 0 Å². The van der Waals surface area contributed by atoms with Crippen LogP contribution in [0.1, 0.15) is 31.2 Å². The monoisotopic (exact) mass is 240 g/mol. The first kappa shape index (κ1) is 11.2. The summed E-state index contributed by atoms with van der Waals surface area (Å²) in [6.45, 7) is 0.823. The normalized spacial score (nSPS) is 21.8. The Bertz CT molecular complexity index is 517. The Hall–Kier alpha value is -1.90. The van der Waals surface area contributed by atoms with Gasteiger partial charge in [-0.15, -0.1) is 0 Å². The first-order chi connectivity index (χ1) is 8.84. The third-order valence-electron chi connectivity index (χ3n) is 3.41. The third kappa shape index (κ3) is 2.08. The quantitative estimate of drug-likeness (QED) is 0.695. The van der Waals surface area contributed by atoms with Crippen LogP contribution in [0.15, 0.2) is 41.0 Å². The molecule has 2 heterocycles. The van der Waals surface area contributed by atoms with Crippen LogP contribution < -0.4 is 0 Å². The number of hydrogen-bond donors (Lipinski definition) is 0. The van der Waals surface area contributed by atoms with Gasteiger partial charge in [-0.3, -0.25) is 9.69 Å². The predicted molar refractivity (Wildman–Crippen MR) is 72.0 cm³/mol. The van der Waals surface area contributed by atoms with E-state index in [1.165, 1.54) is 6.42 Å². The van der Waals surface area contributed by atoms with Gasteiger partial charge >= 0.3 is 0 Å². The molecule has 0 saturated carbocycles. The van der Waals surface area contributed by atoms with Crippen LogP contribution in [0.2, 0.25) is 0 Å². The molecular weight excluding hydrogens is 224 g/mol. The molecule has 3 rings (SSSR count). The first-order valence-corrected chi connectivity index (χ1v) is 6.51. The number of fused-ring (bicyclic) bond motifs is 1. The van der Waals surface area contributed by atoms with Gasteiger partial charge in [-0.1, -0.05) is 36.8 Å². The number of aliphatic imine (C=N–C) groups is 1. The molecule has 1 saturated heterocycles. The lowest BCUT2D eigenvalue weighted by molar-refractivity contribution is -0.122. The number of nitrogens with zero attached hydrogens (tertiary/aromatic N) is 2. The zero-order chi connectivity index (χ0) is 12.4. The Morgan fingerprint density at radius 1 is 1.11 bits per heavy atom. The number of hydrogen-bond acceptors (Lipinski definition) is 2. The molecule has 0 unspecified atom stereocenters. The Balaban J connectivity index is 1.91. The standard InChI is InChI=1S/C15H16N2O/c18-15-13(11-12-7-3-1-4-8-12)16-14-9-5-2-6-10-17(14)15/h1,3-4,7-8,11H,2,5-6,9-10H2/b13-11-. The fourth-order valence-electron chi connectivity index (χ4n) is 2.46. The smallest absolute Gasteiger partial charge is 0.277 e. The molecule has 92 valence electrons. The summed E-state index contributed by atoms with van der Waals surface area (Å²) in [6, 6.07) is 9.89. The lowest BCUT2D eigenvalue weighted by Crippen LogP contribution is -2.31. The van der Waals surface area contributed by atoms with Crippen LogP contribution >= 0.6 is 0 Å². The van der Waals surface area contributed by atoms with Crippen LogP contribution in [0, 0.1) is 0 Å². The van der Waals surface area contributed by atoms with Crippen LogP contribution in [0.25, 0.3) is 6.08 Å². The molecule has 0 bridgehead atoms. The molecule has 0 spiro atoms. The van der Waals surface area contributed by atoms with Gasteiger partial charge < -0.3 is 0 Å². The number of rotatable bonds is 1. The minimum absolute atomic E-state index is 0.0655. The highest BCUT2D eigenvalue weighted by molar-refractivity contribution is 6.14. The Kier molecular flexibility index (Phi) is 2.97. The lowest BCUT2D eigenvalue weighted by atomic mass is 10.2. The van der Waals surface area contributed by atoms with E-state index in [0.717, 1.165) is 37.2 Å². The highest BCUT2D eigenvalue weighted by atomic mass is 16.2. The van der Waals surface area contributed by atoms with Crippen LogP contribution in [-0.2, 0) is 4.79 Å². The molecular formula is C15H16N2O. The van der Waals surface area contributed by atoms with Crippen LogP contribution in [0.5, 0.6) is 0 Å². The topological polar surface area (TPSA) is 32.7 Å². The van der Waals surface area contributed by atoms with Crippen LogP contribution in [-0.4, -0.2) is 23.2 Å². The fraction of sp³-hybridized carbons (Fsp3) is 0.333. The maximum atomic E-state index is 12.2. The van der Waals surface area contributed by atoms with Gasteiger partial charge in [0.1, 0.15) is 11.5 Å². The largest absolute Gasteiger partial charge is 0.295 e. The fourth-order valence-corrected chi connectivity index (χ4v) is 2.46. The summed E-state index contributed by atoms with van der Waals surface area (Å²) in [5, 5.41) is 0. The predicted octanol–water partition coefficient (Wildman–Crippen LogP) is 2.84. The third-order valence-corrected chi connectivity index (χ3v) is 3.41. The molecule has 18 heavy (non-hydrogen) atoms. The summed E-state index contributed by atoms with van der Waals surface area (Å²) in [5.74, 6) is 1.02. The van der Waals surface area contributed by atoms with Gasteiger partial charge in [-0.2, -0.15) is 0 Å². The van der Waals surface area contributed by atoms with E-state index in [1.54, 1.807) is 0 Å². The summed E-state index contributed by atoms with van der Waals surface area (Å²) in [7, 11) is 0. The first-order valence-electron chi connectivity index (χ1n) is 6.51. The minimum atomic E-state index is 0.0655. The number of carbonyl (C=O) groups is 1. The zero-order valence-corrected chi connectivity index (χ0v) is 10.3. The molecule has 3 nitrogen and oxygen atoms in total. The molecule has 0 aromatic heterocycles. The van der Waals surface area contributed by atoms with E-state index < -0.39 is 0 Å². The minimum Gasteiger partial charge on any atom is -0.295 e. The molecule has 1 amide bonds. The van der Waals surface area contributed by atoms with Gasteiger partial charge in [0.05, 0.1) is 0 Å². The highest BCUT2D eigenvalue weighted by Gasteiger charge is 2.30. The molecule has 0 radical (unpaired) electrons. The molecule has 3 heteroatoms. The van der Waals surface area contributed by atoms with Crippen LogP contribution in [0.3, 0.4) is 0 Å². The molecule has 2 aliphatic heterocycles. The Labute approximate surface area is 107 Å². The molecule has 0 aliphatic carbocycles. The van der Waals surface area contributed by atoms with E-state index >= 15 is 0 Å². The summed E-state index contributed by atoms with van der Waals surface area (Å²) in [5.41, 5.74) is 1.61. The van der Waals surface area contributed by atoms with E-state index in [4.69, 9.17) is 0 Å². The van der Waals surface area contributed by atoms with Crippen molar-refractivity contribution in [1.29, 1.82) is 0 Å². The van der Waals surface area contributed by atoms with Gasteiger partial charge in [0.15, 0.2) is 0 Å². The Morgan fingerprint density at radius 2 is 1.94 bits per heavy atom. The van der Waals surface area contributed by atoms with Crippen molar-refractivity contribution in [2.45, 2.75) is 25.7 Å². The SMILES string of the molecule is O=C1/C(=C/c2ccccc2)N=C2CCCCCN12. The van der Waals surface area contributed by atoms with E-state index in [9.17, 15) is 4.79 Å². The second-order valence-electron chi connectivity index (χ2n) is 4.74. The summed E-state index contributed by atoms with van der Waals surface area (Å²) >= 11 is 0. The van der Waals surface area contributed by atoms with E-state index in [2.05, 4.69) is 4.99 Å². The highest BCUT2D eigenvalue weighted by Crippen LogP contribution is 2.23. The molecule has 0 N–H and O–H groups in total. The van der Waals surface area contributed by atoms with Crippen molar-refractivity contribution >= 4 is 17.8 Å². The molecule has 1 fully saturated rings. The van der Waals surface area contributed by atoms with Gasteiger partial charge in [0.25, 0.3) is 5.91 Å². The summed E-state index contributed by atoms with van der Waals surface area (Å²) in [4.78, 5) is 18.6. The van der Waals surface area contributed by atoms with Crippen molar-refractivity contribution in [3.63, 3.8) is 0 Å². The number of amidine groups is 1. The van der Waals surface area contributed by atoms with Gasteiger partial charge in [-0.05, 0) is 24.5 Å². The maximum absolute atomic E-state index is 12.2. The lowest BCUT2D eigenvalue weighted by Gasteiger charge is -2.13. The molecule has 2 aliphatic rings. The van der Waals surface area contributed by atoms with Crippen LogP contribution in [0.4, 0.5) is 0 Å². The summed E-state index contributed by atoms with van der Waals surface area (Å²) in [6.07, 6.45) is 6.23. The maximum Gasteiger partial charge on any atom is 0.277 e. The van der Waals surface area contributed by atoms with E-state index in [-0.39, 0.29) is 5.91 Å². The van der Waals surface area contributed by atoms with E-state index in [0.29, 0.717) is 5.70 Å². The number of carbonyl (C=O) groups excluding carboxylic acids is 1. The average molecular weight is 240 g/mol. The summed E-state index contributed by atoms with van der Waals surface area (Å²) < 4.78 is 0. The molecule has 1 aromatic rings. The van der Waals surface area contributed by atoms with E-state index in [1.807, 2.05) is 41.3 Å². The van der Waals surface area contributed by atoms with Gasteiger partial charge in [0, 0.05) is 13.0 Å². The average Bonchev–Trinajstić information content (AvgIpc) is 2.58. The van der Waals surface area contributed by atoms with Gasteiger partial charge in [0.2, 0.25) is 0 Å². The van der Waals surface area contributed by atoms with Gasteiger partial charge in [-0.25, -0.2) is 4.99 Å². The van der Waals surface area contributed by atoms with Crippen molar-refractivity contribution in [2.75, 3.05) is 6.54 Å². The van der Waals surface area contributed by atoms with Crippen molar-refractivity contribution in [3.05, 3.63) is 41.6 Å². The zero-order valence-electron chi connectivity index (χ0n) is 10.3.